The first-order valence-electron chi connectivity index (χ1n) is 6.96. The molecule has 2 aromatic carbocycles. The van der Waals surface area contributed by atoms with Crippen molar-refractivity contribution < 1.29 is 4.74 Å². The number of hydrazine groups is 1. The van der Waals surface area contributed by atoms with Gasteiger partial charge in [-0.1, -0.05) is 41.4 Å². The molecule has 4 heteroatoms. The van der Waals surface area contributed by atoms with E-state index in [-0.39, 0.29) is 6.04 Å². The van der Waals surface area contributed by atoms with Crippen molar-refractivity contribution in [3.05, 3.63) is 64.2 Å². The zero-order valence-corrected chi connectivity index (χ0v) is 13.2. The summed E-state index contributed by atoms with van der Waals surface area (Å²) in [5.41, 5.74) is 6.42. The van der Waals surface area contributed by atoms with E-state index < -0.39 is 0 Å². The highest BCUT2D eigenvalue weighted by Gasteiger charge is 2.12. The van der Waals surface area contributed by atoms with Crippen LogP contribution in [-0.2, 0) is 12.8 Å². The lowest BCUT2D eigenvalue weighted by molar-refractivity contribution is 0.404. The average Bonchev–Trinajstić information content (AvgIpc) is 2.47. The van der Waals surface area contributed by atoms with Crippen molar-refractivity contribution in [2.24, 2.45) is 5.84 Å². The SMILES string of the molecule is COc1ccc(C)cc1CC(Cc1cccc(Cl)c1)NN. The van der Waals surface area contributed by atoms with Gasteiger partial charge in [-0.3, -0.25) is 11.3 Å². The lowest BCUT2D eigenvalue weighted by atomic mass is 9.98. The number of nitrogens with one attached hydrogen (secondary N) is 1. The van der Waals surface area contributed by atoms with Crippen molar-refractivity contribution in [1.29, 1.82) is 0 Å². The van der Waals surface area contributed by atoms with Gasteiger partial charge in [0.2, 0.25) is 0 Å². The van der Waals surface area contributed by atoms with Gasteiger partial charge in [-0.05, 0) is 49.1 Å². The van der Waals surface area contributed by atoms with E-state index in [0.29, 0.717) is 0 Å². The molecule has 3 N–H and O–H groups in total. The summed E-state index contributed by atoms with van der Waals surface area (Å²) in [6.07, 6.45) is 1.61. The Morgan fingerprint density at radius 3 is 2.67 bits per heavy atom. The molecule has 0 bridgehead atoms. The van der Waals surface area contributed by atoms with Gasteiger partial charge in [0.1, 0.15) is 5.75 Å². The molecule has 0 heterocycles. The second-order valence-corrected chi connectivity index (χ2v) is 5.65. The molecule has 21 heavy (non-hydrogen) atoms. The number of methoxy groups -OCH3 is 1. The lowest BCUT2D eigenvalue weighted by Gasteiger charge is -2.18. The second kappa shape index (κ2) is 7.46. The van der Waals surface area contributed by atoms with Crippen molar-refractivity contribution >= 4 is 11.6 Å². The number of rotatable bonds is 6. The Morgan fingerprint density at radius 2 is 2.00 bits per heavy atom. The zero-order valence-electron chi connectivity index (χ0n) is 12.4. The van der Waals surface area contributed by atoms with E-state index in [1.807, 2.05) is 30.3 Å². The van der Waals surface area contributed by atoms with Crippen LogP contribution in [0.3, 0.4) is 0 Å². The van der Waals surface area contributed by atoms with Crippen molar-refractivity contribution in [2.75, 3.05) is 7.11 Å². The smallest absolute Gasteiger partial charge is 0.122 e. The Balaban J connectivity index is 2.14. The Hall–Kier alpha value is -1.55. The maximum atomic E-state index is 6.03. The quantitative estimate of drug-likeness (QED) is 0.636. The van der Waals surface area contributed by atoms with Crippen molar-refractivity contribution in [2.45, 2.75) is 25.8 Å². The monoisotopic (exact) mass is 304 g/mol. The van der Waals surface area contributed by atoms with Gasteiger partial charge >= 0.3 is 0 Å². The molecule has 0 fully saturated rings. The minimum absolute atomic E-state index is 0.124. The number of ether oxygens (including phenoxy) is 1. The molecule has 0 spiro atoms. The summed E-state index contributed by atoms with van der Waals surface area (Å²) in [6.45, 7) is 2.07. The van der Waals surface area contributed by atoms with Crippen molar-refractivity contribution in [3.63, 3.8) is 0 Å². The Bertz CT molecular complexity index is 601. The van der Waals surface area contributed by atoms with Crippen molar-refractivity contribution in [1.82, 2.24) is 5.43 Å². The minimum atomic E-state index is 0.124. The number of nitrogens with two attached hydrogens (primary N) is 1. The standard InChI is InChI=1S/C17H21ClN2O/c1-12-6-7-17(21-2)14(8-12)11-16(20-19)10-13-4-3-5-15(18)9-13/h3-9,16,20H,10-11,19H2,1-2H3. The molecule has 3 nitrogen and oxygen atoms in total. The minimum Gasteiger partial charge on any atom is -0.496 e. The van der Waals surface area contributed by atoms with E-state index in [4.69, 9.17) is 22.2 Å². The molecule has 0 saturated heterocycles. The summed E-state index contributed by atoms with van der Waals surface area (Å²) in [7, 11) is 1.69. The van der Waals surface area contributed by atoms with Crippen LogP contribution >= 0.6 is 11.6 Å². The Morgan fingerprint density at radius 1 is 1.19 bits per heavy atom. The average molecular weight is 305 g/mol. The summed E-state index contributed by atoms with van der Waals surface area (Å²) in [5, 5.41) is 0.747. The van der Waals surface area contributed by atoms with Gasteiger partial charge in [0.25, 0.3) is 0 Å². The molecule has 0 saturated carbocycles. The highest BCUT2D eigenvalue weighted by atomic mass is 35.5. The van der Waals surface area contributed by atoms with Crippen LogP contribution in [0.1, 0.15) is 16.7 Å². The van der Waals surface area contributed by atoms with Gasteiger partial charge in [-0.25, -0.2) is 0 Å². The molecule has 0 aliphatic heterocycles. The van der Waals surface area contributed by atoms with Crippen LogP contribution in [0.4, 0.5) is 0 Å². The maximum absolute atomic E-state index is 6.03. The van der Waals surface area contributed by atoms with E-state index in [1.165, 1.54) is 5.56 Å². The normalized spacial score (nSPS) is 12.2. The van der Waals surface area contributed by atoms with Crippen LogP contribution in [0.15, 0.2) is 42.5 Å². The number of benzene rings is 2. The van der Waals surface area contributed by atoms with Crippen LogP contribution in [0.2, 0.25) is 5.02 Å². The third-order valence-electron chi connectivity index (χ3n) is 3.51. The van der Waals surface area contributed by atoms with Gasteiger partial charge in [0.15, 0.2) is 0 Å². The highest BCUT2D eigenvalue weighted by molar-refractivity contribution is 6.30. The fourth-order valence-corrected chi connectivity index (χ4v) is 2.68. The third-order valence-corrected chi connectivity index (χ3v) is 3.74. The molecule has 0 radical (unpaired) electrons. The molecule has 2 aromatic rings. The fraction of sp³-hybridized carbons (Fsp3) is 0.294. The first-order valence-corrected chi connectivity index (χ1v) is 7.34. The van der Waals surface area contributed by atoms with Gasteiger partial charge in [0.05, 0.1) is 7.11 Å². The number of halogens is 1. The predicted molar refractivity (Wildman–Crippen MR) is 87.7 cm³/mol. The van der Waals surface area contributed by atoms with Gasteiger partial charge in [-0.2, -0.15) is 0 Å². The second-order valence-electron chi connectivity index (χ2n) is 5.22. The van der Waals surface area contributed by atoms with Crippen LogP contribution in [0.25, 0.3) is 0 Å². The Kier molecular flexibility index (Phi) is 5.62. The fourth-order valence-electron chi connectivity index (χ4n) is 2.47. The largest absolute Gasteiger partial charge is 0.496 e. The molecule has 2 rings (SSSR count). The number of hydrogen-bond acceptors (Lipinski definition) is 3. The van der Waals surface area contributed by atoms with E-state index in [1.54, 1.807) is 7.11 Å². The summed E-state index contributed by atoms with van der Waals surface area (Å²) >= 11 is 6.03. The molecule has 0 amide bonds. The summed E-state index contributed by atoms with van der Waals surface area (Å²) < 4.78 is 5.43. The van der Waals surface area contributed by atoms with Crippen LogP contribution in [0, 0.1) is 6.92 Å². The molecule has 0 aliphatic rings. The number of aryl methyl sites for hydroxylation is 1. The topological polar surface area (TPSA) is 47.3 Å². The van der Waals surface area contributed by atoms with Gasteiger partial charge in [-0.15, -0.1) is 0 Å². The summed E-state index contributed by atoms with van der Waals surface area (Å²) in [6, 6.07) is 14.2. The molecule has 0 aromatic heterocycles. The molecule has 1 atom stereocenters. The van der Waals surface area contributed by atoms with Gasteiger partial charge < -0.3 is 4.74 Å². The molecule has 0 aliphatic carbocycles. The van der Waals surface area contributed by atoms with Crippen LogP contribution < -0.4 is 16.0 Å². The van der Waals surface area contributed by atoms with E-state index in [9.17, 15) is 0 Å². The third kappa shape index (κ3) is 4.46. The van der Waals surface area contributed by atoms with Crippen LogP contribution in [0.5, 0.6) is 5.75 Å². The maximum Gasteiger partial charge on any atom is 0.122 e. The van der Waals surface area contributed by atoms with Crippen molar-refractivity contribution in [3.8, 4) is 5.75 Å². The van der Waals surface area contributed by atoms with E-state index in [2.05, 4.69) is 24.5 Å². The van der Waals surface area contributed by atoms with Crippen LogP contribution in [-0.4, -0.2) is 13.2 Å². The Labute approximate surface area is 131 Å². The first kappa shape index (κ1) is 15.8. The van der Waals surface area contributed by atoms with E-state index in [0.717, 1.165) is 34.7 Å². The predicted octanol–water partition coefficient (Wildman–Crippen LogP) is 3.27. The molecule has 112 valence electrons. The highest BCUT2D eigenvalue weighted by Crippen LogP contribution is 2.22. The van der Waals surface area contributed by atoms with E-state index >= 15 is 0 Å². The zero-order chi connectivity index (χ0) is 15.2. The molecular weight excluding hydrogens is 284 g/mol. The summed E-state index contributed by atoms with van der Waals surface area (Å²) in [4.78, 5) is 0. The van der Waals surface area contributed by atoms with Gasteiger partial charge in [0, 0.05) is 11.1 Å². The first-order chi connectivity index (χ1) is 10.1. The molecule has 1 unspecified atom stereocenters. The number of hydrogen-bond donors (Lipinski definition) is 2. The molecular formula is C17H21ClN2O. The lowest BCUT2D eigenvalue weighted by Crippen LogP contribution is -2.38. The summed E-state index contributed by atoms with van der Waals surface area (Å²) in [5.74, 6) is 6.61.